The lowest BCUT2D eigenvalue weighted by molar-refractivity contribution is -0.123. The molecule has 0 aliphatic carbocycles. The van der Waals surface area contributed by atoms with Gasteiger partial charge in [0.1, 0.15) is 5.75 Å². The van der Waals surface area contributed by atoms with Gasteiger partial charge in [0.25, 0.3) is 0 Å². The molecule has 1 aliphatic rings. The number of piperidine rings is 1. The maximum Gasteiger partial charge on any atom is 0.221 e. The fourth-order valence-electron chi connectivity index (χ4n) is 2.73. The molecule has 1 atom stereocenters. The van der Waals surface area contributed by atoms with Gasteiger partial charge in [0.05, 0.1) is 13.0 Å². The molecule has 1 aromatic carbocycles. The minimum Gasteiger partial charge on any atom is -0.496 e. The van der Waals surface area contributed by atoms with E-state index in [1.165, 1.54) is 5.56 Å². The molecule has 1 aliphatic heterocycles. The van der Waals surface area contributed by atoms with E-state index in [9.17, 15) is 4.79 Å². The Bertz CT molecular complexity index is 459. The van der Waals surface area contributed by atoms with Crippen LogP contribution in [0.5, 0.6) is 5.75 Å². The molecule has 0 radical (unpaired) electrons. The van der Waals surface area contributed by atoms with Crippen LogP contribution in [0.1, 0.15) is 24.0 Å². The lowest BCUT2D eigenvalue weighted by Gasteiger charge is -2.31. The van der Waals surface area contributed by atoms with Gasteiger partial charge in [-0.2, -0.15) is 0 Å². The molecular weight excluding hydrogens is 240 g/mol. The zero-order valence-corrected chi connectivity index (χ0v) is 11.7. The molecule has 0 spiro atoms. The maximum absolute atomic E-state index is 11.3. The number of carbonyl (C=O) groups excluding carboxylic acids is 1. The van der Waals surface area contributed by atoms with Crippen LogP contribution >= 0.6 is 0 Å². The van der Waals surface area contributed by atoms with E-state index in [4.69, 9.17) is 10.5 Å². The highest BCUT2D eigenvalue weighted by molar-refractivity contribution is 5.76. The number of ether oxygens (including phenoxy) is 1. The van der Waals surface area contributed by atoms with Gasteiger partial charge in [0, 0.05) is 13.1 Å². The molecule has 1 saturated heterocycles. The number of rotatable bonds is 4. The highest BCUT2D eigenvalue weighted by Crippen LogP contribution is 2.22. The zero-order chi connectivity index (χ0) is 13.8. The Kier molecular flexibility index (Phi) is 4.43. The summed E-state index contributed by atoms with van der Waals surface area (Å²) in [4.78, 5) is 13.6. The van der Waals surface area contributed by atoms with E-state index in [0.29, 0.717) is 0 Å². The lowest BCUT2D eigenvalue weighted by atomic mass is 9.97. The number of primary amides is 1. The molecule has 2 rings (SSSR count). The Balaban J connectivity index is 2.00. The van der Waals surface area contributed by atoms with Crippen LogP contribution in [0.25, 0.3) is 0 Å². The van der Waals surface area contributed by atoms with E-state index in [0.717, 1.165) is 43.8 Å². The summed E-state index contributed by atoms with van der Waals surface area (Å²) < 4.78 is 5.26. The van der Waals surface area contributed by atoms with E-state index >= 15 is 0 Å². The first-order valence-electron chi connectivity index (χ1n) is 6.75. The van der Waals surface area contributed by atoms with E-state index < -0.39 is 0 Å². The first-order valence-corrected chi connectivity index (χ1v) is 6.75. The lowest BCUT2D eigenvalue weighted by Crippen LogP contribution is -2.40. The smallest absolute Gasteiger partial charge is 0.221 e. The molecule has 0 aromatic heterocycles. The largest absolute Gasteiger partial charge is 0.496 e. The quantitative estimate of drug-likeness (QED) is 0.898. The van der Waals surface area contributed by atoms with Crippen molar-refractivity contribution in [1.29, 1.82) is 0 Å². The molecule has 4 nitrogen and oxygen atoms in total. The monoisotopic (exact) mass is 262 g/mol. The molecule has 1 fully saturated rings. The normalized spacial score (nSPS) is 20.2. The molecule has 1 unspecified atom stereocenters. The summed E-state index contributed by atoms with van der Waals surface area (Å²) in [5.74, 6) is 0.751. The van der Waals surface area contributed by atoms with Gasteiger partial charge in [0.15, 0.2) is 0 Å². The summed E-state index contributed by atoms with van der Waals surface area (Å²) in [6.07, 6.45) is 1.97. The van der Waals surface area contributed by atoms with E-state index in [1.54, 1.807) is 7.11 Å². The number of hydrogen-bond acceptors (Lipinski definition) is 3. The summed E-state index contributed by atoms with van der Waals surface area (Å²) in [5.41, 5.74) is 7.80. The van der Waals surface area contributed by atoms with E-state index in [-0.39, 0.29) is 11.8 Å². The van der Waals surface area contributed by atoms with Crippen LogP contribution in [0.15, 0.2) is 18.2 Å². The summed E-state index contributed by atoms with van der Waals surface area (Å²) in [5, 5.41) is 0. The van der Waals surface area contributed by atoms with Gasteiger partial charge in [-0.1, -0.05) is 12.1 Å². The van der Waals surface area contributed by atoms with Crippen molar-refractivity contribution in [3.8, 4) is 5.75 Å². The molecule has 1 amide bonds. The van der Waals surface area contributed by atoms with E-state index in [2.05, 4.69) is 17.0 Å². The highest BCUT2D eigenvalue weighted by atomic mass is 16.5. The average molecular weight is 262 g/mol. The molecular formula is C15H22N2O2. The Morgan fingerprint density at radius 2 is 2.32 bits per heavy atom. The van der Waals surface area contributed by atoms with Gasteiger partial charge >= 0.3 is 0 Å². The van der Waals surface area contributed by atoms with Crippen LogP contribution in [-0.4, -0.2) is 31.0 Å². The number of aryl methyl sites for hydroxylation is 1. The van der Waals surface area contributed by atoms with Gasteiger partial charge in [0.2, 0.25) is 5.91 Å². The third-order valence-electron chi connectivity index (χ3n) is 3.77. The number of methoxy groups -OCH3 is 1. The second-order valence-electron chi connectivity index (χ2n) is 5.28. The Hall–Kier alpha value is -1.55. The average Bonchev–Trinajstić information content (AvgIpc) is 2.39. The van der Waals surface area contributed by atoms with Crippen molar-refractivity contribution in [3.05, 3.63) is 29.3 Å². The van der Waals surface area contributed by atoms with Crippen molar-refractivity contribution < 1.29 is 9.53 Å². The summed E-state index contributed by atoms with van der Waals surface area (Å²) >= 11 is 0. The predicted molar refractivity (Wildman–Crippen MR) is 74.9 cm³/mol. The van der Waals surface area contributed by atoms with Crippen molar-refractivity contribution >= 4 is 5.91 Å². The molecule has 19 heavy (non-hydrogen) atoms. The molecule has 2 N–H and O–H groups in total. The van der Waals surface area contributed by atoms with Gasteiger partial charge in [-0.25, -0.2) is 0 Å². The highest BCUT2D eigenvalue weighted by Gasteiger charge is 2.23. The van der Waals surface area contributed by atoms with Crippen molar-refractivity contribution in [2.75, 3.05) is 20.2 Å². The molecule has 0 saturated carbocycles. The van der Waals surface area contributed by atoms with Crippen molar-refractivity contribution in [3.63, 3.8) is 0 Å². The van der Waals surface area contributed by atoms with Crippen LogP contribution in [0.2, 0.25) is 0 Å². The maximum atomic E-state index is 11.3. The van der Waals surface area contributed by atoms with Crippen LogP contribution < -0.4 is 10.5 Å². The van der Waals surface area contributed by atoms with Gasteiger partial charge in [-0.3, -0.25) is 9.69 Å². The number of hydrogen-bond donors (Lipinski definition) is 1. The van der Waals surface area contributed by atoms with Gasteiger partial charge in [-0.15, -0.1) is 0 Å². The third kappa shape index (κ3) is 3.47. The second kappa shape index (κ2) is 6.06. The standard InChI is InChI=1S/C15H22N2O2/c1-11-8-12(5-6-14(11)19-2)9-17-7-3-4-13(10-17)15(16)18/h5-6,8,13H,3-4,7,9-10H2,1-2H3,(H2,16,18). The fraction of sp³-hybridized carbons (Fsp3) is 0.533. The summed E-state index contributed by atoms with van der Waals surface area (Å²) in [6.45, 7) is 4.73. The molecule has 1 aromatic rings. The second-order valence-corrected chi connectivity index (χ2v) is 5.28. The fourth-order valence-corrected chi connectivity index (χ4v) is 2.73. The van der Waals surface area contributed by atoms with Crippen LogP contribution in [0.4, 0.5) is 0 Å². The number of benzene rings is 1. The van der Waals surface area contributed by atoms with E-state index in [1.807, 2.05) is 13.0 Å². The van der Waals surface area contributed by atoms with Crippen LogP contribution in [0.3, 0.4) is 0 Å². The van der Waals surface area contributed by atoms with Crippen molar-refractivity contribution in [2.24, 2.45) is 11.7 Å². The third-order valence-corrected chi connectivity index (χ3v) is 3.77. The number of likely N-dealkylation sites (tertiary alicyclic amines) is 1. The number of amides is 1. The first kappa shape index (κ1) is 13.9. The minimum absolute atomic E-state index is 0.00750. The van der Waals surface area contributed by atoms with Crippen LogP contribution in [0, 0.1) is 12.8 Å². The summed E-state index contributed by atoms with van der Waals surface area (Å²) in [7, 11) is 1.68. The molecule has 4 heteroatoms. The van der Waals surface area contributed by atoms with Crippen LogP contribution in [-0.2, 0) is 11.3 Å². The first-order chi connectivity index (χ1) is 9.10. The summed E-state index contributed by atoms with van der Waals surface area (Å²) in [6, 6.07) is 6.23. The number of nitrogens with zero attached hydrogens (tertiary/aromatic N) is 1. The van der Waals surface area contributed by atoms with Gasteiger partial charge < -0.3 is 10.5 Å². The Labute approximate surface area is 114 Å². The molecule has 1 heterocycles. The number of nitrogens with two attached hydrogens (primary N) is 1. The van der Waals surface area contributed by atoms with Crippen molar-refractivity contribution in [1.82, 2.24) is 4.90 Å². The molecule has 0 bridgehead atoms. The predicted octanol–water partition coefficient (Wildman–Crippen LogP) is 1.70. The SMILES string of the molecule is COc1ccc(CN2CCCC(C(N)=O)C2)cc1C. The zero-order valence-electron chi connectivity index (χ0n) is 11.7. The topological polar surface area (TPSA) is 55.6 Å². The Morgan fingerprint density at radius 3 is 2.95 bits per heavy atom. The van der Waals surface area contributed by atoms with Crippen molar-refractivity contribution in [2.45, 2.75) is 26.3 Å². The van der Waals surface area contributed by atoms with Gasteiger partial charge in [-0.05, 0) is 43.5 Å². The minimum atomic E-state index is -0.171. The molecule has 104 valence electrons. The number of carbonyl (C=O) groups is 1. The Morgan fingerprint density at radius 1 is 1.53 bits per heavy atom.